The van der Waals surface area contributed by atoms with Gasteiger partial charge >= 0.3 is 0 Å². The van der Waals surface area contributed by atoms with Gasteiger partial charge in [-0.05, 0) is 19.3 Å². The van der Waals surface area contributed by atoms with Crippen molar-refractivity contribution in [2.24, 2.45) is 5.92 Å². The summed E-state index contributed by atoms with van der Waals surface area (Å²) in [6, 6.07) is 1.68. The molecular formula is C16H26N4O3. The average Bonchev–Trinajstić information content (AvgIpc) is 2.90. The summed E-state index contributed by atoms with van der Waals surface area (Å²) < 4.78 is 4.91. The molecule has 7 nitrogen and oxygen atoms in total. The van der Waals surface area contributed by atoms with E-state index in [9.17, 15) is 9.59 Å². The fourth-order valence-electron chi connectivity index (χ4n) is 2.54. The Balaban J connectivity index is 1.69. The van der Waals surface area contributed by atoms with E-state index in [1.54, 1.807) is 13.0 Å². The monoisotopic (exact) mass is 322 g/mol. The van der Waals surface area contributed by atoms with Gasteiger partial charge in [0, 0.05) is 38.7 Å². The third-order valence-corrected chi connectivity index (χ3v) is 3.92. The molecule has 7 heteroatoms. The molecule has 0 spiro atoms. The van der Waals surface area contributed by atoms with Crippen molar-refractivity contribution >= 4 is 17.6 Å². The second-order valence-electron chi connectivity index (χ2n) is 6.46. The van der Waals surface area contributed by atoms with E-state index in [4.69, 9.17) is 4.52 Å². The molecule has 2 amide bonds. The zero-order valence-electron chi connectivity index (χ0n) is 14.2. The van der Waals surface area contributed by atoms with Gasteiger partial charge in [0.05, 0.1) is 6.54 Å². The van der Waals surface area contributed by atoms with Gasteiger partial charge in [0.25, 0.3) is 0 Å². The molecule has 0 aliphatic carbocycles. The van der Waals surface area contributed by atoms with E-state index < -0.39 is 0 Å². The van der Waals surface area contributed by atoms with Crippen LogP contribution in [0.5, 0.6) is 0 Å². The molecule has 0 unspecified atom stereocenters. The average molecular weight is 322 g/mol. The molecule has 0 atom stereocenters. The van der Waals surface area contributed by atoms with Crippen LogP contribution in [0, 0.1) is 12.8 Å². The van der Waals surface area contributed by atoms with Crippen molar-refractivity contribution in [3.63, 3.8) is 0 Å². The SMILES string of the molecule is Cc1cc(NC(=O)CN2CCN(C(=O)CCC(C)C)CC2)no1. The van der Waals surface area contributed by atoms with Crippen LogP contribution in [0.1, 0.15) is 32.4 Å². The lowest BCUT2D eigenvalue weighted by molar-refractivity contribution is -0.133. The second-order valence-corrected chi connectivity index (χ2v) is 6.46. The molecule has 1 aromatic heterocycles. The smallest absolute Gasteiger partial charge is 0.239 e. The predicted molar refractivity (Wildman–Crippen MR) is 87.0 cm³/mol. The minimum atomic E-state index is -0.113. The van der Waals surface area contributed by atoms with Crippen LogP contribution in [0.15, 0.2) is 10.6 Å². The van der Waals surface area contributed by atoms with Gasteiger partial charge in [0.2, 0.25) is 11.8 Å². The maximum Gasteiger partial charge on any atom is 0.239 e. The van der Waals surface area contributed by atoms with Crippen LogP contribution in [-0.4, -0.2) is 59.5 Å². The van der Waals surface area contributed by atoms with Gasteiger partial charge in [-0.1, -0.05) is 19.0 Å². The first kappa shape index (κ1) is 17.5. The van der Waals surface area contributed by atoms with Crippen molar-refractivity contribution in [1.82, 2.24) is 15.0 Å². The normalized spacial score (nSPS) is 15.9. The highest BCUT2D eigenvalue weighted by Crippen LogP contribution is 2.10. The molecule has 23 heavy (non-hydrogen) atoms. The Morgan fingerprint density at radius 2 is 2.00 bits per heavy atom. The molecule has 0 bridgehead atoms. The van der Waals surface area contributed by atoms with Crippen molar-refractivity contribution in [3.05, 3.63) is 11.8 Å². The zero-order valence-corrected chi connectivity index (χ0v) is 14.2. The standard InChI is InChI=1S/C16H26N4O3/c1-12(2)4-5-16(22)20-8-6-19(7-9-20)11-15(21)17-14-10-13(3)23-18-14/h10,12H,4-9,11H2,1-3H3,(H,17,18,21). The largest absolute Gasteiger partial charge is 0.360 e. The zero-order chi connectivity index (χ0) is 16.8. The minimum absolute atomic E-state index is 0.113. The number of aryl methyl sites for hydroxylation is 1. The molecule has 0 saturated carbocycles. The molecule has 128 valence electrons. The summed E-state index contributed by atoms with van der Waals surface area (Å²) in [7, 11) is 0. The number of carbonyl (C=O) groups excluding carboxylic acids is 2. The van der Waals surface area contributed by atoms with Crippen LogP contribution in [0.25, 0.3) is 0 Å². The van der Waals surface area contributed by atoms with Crippen LogP contribution in [0.3, 0.4) is 0 Å². The maximum atomic E-state index is 12.1. The summed E-state index contributed by atoms with van der Waals surface area (Å²) in [6.07, 6.45) is 1.54. The molecular weight excluding hydrogens is 296 g/mol. The van der Waals surface area contributed by atoms with Gasteiger partial charge in [-0.15, -0.1) is 0 Å². The third-order valence-electron chi connectivity index (χ3n) is 3.92. The van der Waals surface area contributed by atoms with Crippen molar-refractivity contribution in [1.29, 1.82) is 0 Å². The van der Waals surface area contributed by atoms with Gasteiger partial charge in [-0.2, -0.15) is 0 Å². The molecule has 1 aliphatic rings. The Hall–Kier alpha value is -1.89. The minimum Gasteiger partial charge on any atom is -0.360 e. The summed E-state index contributed by atoms with van der Waals surface area (Å²) in [6.45, 7) is 9.15. The highest BCUT2D eigenvalue weighted by atomic mass is 16.5. The molecule has 0 radical (unpaired) electrons. The van der Waals surface area contributed by atoms with E-state index in [1.807, 2.05) is 4.90 Å². The third kappa shape index (κ3) is 5.67. The van der Waals surface area contributed by atoms with Crippen LogP contribution in [0.4, 0.5) is 5.82 Å². The van der Waals surface area contributed by atoms with Gasteiger partial charge < -0.3 is 14.7 Å². The van der Waals surface area contributed by atoms with Crippen LogP contribution in [-0.2, 0) is 9.59 Å². The van der Waals surface area contributed by atoms with Gasteiger partial charge in [0.15, 0.2) is 5.82 Å². The number of piperazine rings is 1. The number of carbonyl (C=O) groups is 2. The quantitative estimate of drug-likeness (QED) is 0.859. The van der Waals surface area contributed by atoms with E-state index in [1.165, 1.54) is 0 Å². The van der Waals surface area contributed by atoms with Gasteiger partial charge in [-0.25, -0.2) is 0 Å². The fourth-order valence-corrected chi connectivity index (χ4v) is 2.54. The number of aromatic nitrogens is 1. The summed E-state index contributed by atoms with van der Waals surface area (Å²) in [4.78, 5) is 28.0. The lowest BCUT2D eigenvalue weighted by Crippen LogP contribution is -2.50. The molecule has 1 fully saturated rings. The number of nitrogens with zero attached hydrogens (tertiary/aromatic N) is 3. The summed E-state index contributed by atoms with van der Waals surface area (Å²) in [5.41, 5.74) is 0. The maximum absolute atomic E-state index is 12.1. The first-order valence-electron chi connectivity index (χ1n) is 8.17. The van der Waals surface area contributed by atoms with Crippen molar-refractivity contribution in [2.45, 2.75) is 33.6 Å². The predicted octanol–water partition coefficient (Wildman–Crippen LogP) is 1.50. The number of amides is 2. The van der Waals surface area contributed by atoms with E-state index in [2.05, 4.69) is 29.2 Å². The second kappa shape index (κ2) is 8.10. The Labute approximate surface area is 137 Å². The van der Waals surface area contributed by atoms with Crippen LogP contribution < -0.4 is 5.32 Å². The Morgan fingerprint density at radius 3 is 2.57 bits per heavy atom. The van der Waals surface area contributed by atoms with Crippen molar-refractivity contribution < 1.29 is 14.1 Å². The highest BCUT2D eigenvalue weighted by Gasteiger charge is 2.22. The number of nitrogens with one attached hydrogen (secondary N) is 1. The number of anilines is 1. The van der Waals surface area contributed by atoms with E-state index in [0.29, 0.717) is 43.6 Å². The molecule has 0 aromatic carbocycles. The molecule has 1 N–H and O–H groups in total. The van der Waals surface area contributed by atoms with E-state index >= 15 is 0 Å². The van der Waals surface area contributed by atoms with Crippen molar-refractivity contribution in [3.8, 4) is 0 Å². The van der Waals surface area contributed by atoms with Gasteiger partial charge in [0.1, 0.15) is 5.76 Å². The lowest BCUT2D eigenvalue weighted by Gasteiger charge is -2.34. The first-order valence-corrected chi connectivity index (χ1v) is 8.17. The topological polar surface area (TPSA) is 78.7 Å². The molecule has 1 aromatic rings. The Kier molecular flexibility index (Phi) is 6.15. The Bertz CT molecular complexity index is 533. The van der Waals surface area contributed by atoms with E-state index in [-0.39, 0.29) is 11.8 Å². The number of rotatable bonds is 6. The summed E-state index contributed by atoms with van der Waals surface area (Å²) in [5, 5.41) is 6.45. The number of hydrogen-bond donors (Lipinski definition) is 1. The number of hydrogen-bond acceptors (Lipinski definition) is 5. The summed E-state index contributed by atoms with van der Waals surface area (Å²) >= 11 is 0. The molecule has 1 aliphatic heterocycles. The molecule has 1 saturated heterocycles. The first-order chi connectivity index (χ1) is 10.9. The van der Waals surface area contributed by atoms with Crippen LogP contribution >= 0.6 is 0 Å². The highest BCUT2D eigenvalue weighted by molar-refractivity contribution is 5.91. The van der Waals surface area contributed by atoms with E-state index in [0.717, 1.165) is 19.5 Å². The van der Waals surface area contributed by atoms with Crippen LogP contribution in [0.2, 0.25) is 0 Å². The molecule has 2 rings (SSSR count). The Morgan fingerprint density at radius 1 is 1.30 bits per heavy atom. The van der Waals surface area contributed by atoms with Gasteiger partial charge in [-0.3, -0.25) is 14.5 Å². The van der Waals surface area contributed by atoms with Crippen molar-refractivity contribution in [2.75, 3.05) is 38.0 Å². The molecule has 2 heterocycles. The summed E-state index contributed by atoms with van der Waals surface area (Å²) in [5.74, 6) is 1.76. The lowest BCUT2D eigenvalue weighted by atomic mass is 10.1. The fraction of sp³-hybridized carbons (Fsp3) is 0.688.